The molecule has 10 heteroatoms. The Balaban J connectivity index is 1.55. The van der Waals surface area contributed by atoms with Gasteiger partial charge in [0.25, 0.3) is 0 Å². The van der Waals surface area contributed by atoms with Gasteiger partial charge >= 0.3 is 5.97 Å². The molecular weight excluding hydrogens is 490 g/mol. The van der Waals surface area contributed by atoms with Crippen LogP contribution in [0.5, 0.6) is 28.7 Å². The highest BCUT2D eigenvalue weighted by atomic mass is 16.7. The maximum atomic E-state index is 12.2. The van der Waals surface area contributed by atoms with Gasteiger partial charge in [-0.2, -0.15) is 0 Å². The van der Waals surface area contributed by atoms with E-state index in [4.69, 9.17) is 18.9 Å². The third kappa shape index (κ3) is 3.69. The van der Waals surface area contributed by atoms with Crippen molar-refractivity contribution >= 4 is 11.9 Å². The summed E-state index contributed by atoms with van der Waals surface area (Å²) in [5.41, 5.74) is 5.31. The van der Waals surface area contributed by atoms with Gasteiger partial charge in [0.2, 0.25) is 12.7 Å². The Kier molecular flexibility index (Phi) is 5.92. The number of rotatable bonds is 4. The summed E-state index contributed by atoms with van der Waals surface area (Å²) in [6.45, 7) is 7.87. The largest absolute Gasteiger partial charge is 0.504 e. The molecule has 2 aromatic rings. The number of benzene rings is 2. The van der Waals surface area contributed by atoms with E-state index < -0.39 is 5.97 Å². The number of hydrogen-bond donors (Lipinski definition) is 3. The van der Waals surface area contributed by atoms with Crippen molar-refractivity contribution in [1.29, 1.82) is 0 Å². The van der Waals surface area contributed by atoms with Crippen LogP contribution in [0.3, 0.4) is 0 Å². The first-order valence-electron chi connectivity index (χ1n) is 13.0. The first-order chi connectivity index (χ1) is 18.2. The lowest BCUT2D eigenvalue weighted by Gasteiger charge is -2.54. The molecule has 3 N–H and O–H groups in total. The topological polar surface area (TPSA) is 119 Å². The van der Waals surface area contributed by atoms with E-state index in [0.717, 1.165) is 40.8 Å². The van der Waals surface area contributed by atoms with Crippen molar-refractivity contribution in [3.63, 3.8) is 0 Å². The number of nitrogens with one attached hydrogen (secondary N) is 2. The Morgan fingerprint density at radius 1 is 1.16 bits per heavy atom. The first-order valence-corrected chi connectivity index (χ1v) is 13.0. The predicted molar refractivity (Wildman–Crippen MR) is 137 cm³/mol. The van der Waals surface area contributed by atoms with Crippen molar-refractivity contribution in [2.24, 2.45) is 0 Å². The highest BCUT2D eigenvalue weighted by Gasteiger charge is 2.50. The van der Waals surface area contributed by atoms with E-state index in [0.29, 0.717) is 41.5 Å². The molecule has 1 fully saturated rings. The molecule has 0 aromatic heterocycles. The Bertz CT molecular complexity index is 1360. The van der Waals surface area contributed by atoms with E-state index in [9.17, 15) is 14.7 Å². The zero-order chi connectivity index (χ0) is 26.9. The van der Waals surface area contributed by atoms with Gasteiger partial charge in [0, 0.05) is 61.3 Å². The van der Waals surface area contributed by atoms with Gasteiger partial charge in [0.05, 0.1) is 19.2 Å². The van der Waals surface area contributed by atoms with Crippen LogP contribution in [0.1, 0.15) is 59.3 Å². The third-order valence-corrected chi connectivity index (χ3v) is 8.28. The molecule has 0 aliphatic carbocycles. The van der Waals surface area contributed by atoms with Gasteiger partial charge < -0.3 is 34.7 Å². The van der Waals surface area contributed by atoms with Crippen molar-refractivity contribution < 1.29 is 33.6 Å². The van der Waals surface area contributed by atoms with E-state index in [1.165, 1.54) is 13.8 Å². The summed E-state index contributed by atoms with van der Waals surface area (Å²) in [4.78, 5) is 26.6. The summed E-state index contributed by atoms with van der Waals surface area (Å²) >= 11 is 0. The minimum Gasteiger partial charge on any atom is -0.504 e. The predicted octanol–water partition coefficient (Wildman–Crippen LogP) is 2.34. The van der Waals surface area contributed by atoms with Gasteiger partial charge in [-0.1, -0.05) is 6.07 Å². The molecule has 4 atom stereocenters. The van der Waals surface area contributed by atoms with E-state index in [1.54, 1.807) is 7.11 Å². The van der Waals surface area contributed by atoms with Crippen LogP contribution < -0.4 is 29.6 Å². The zero-order valence-electron chi connectivity index (χ0n) is 22.3. The number of fused-ring (bicyclic) bond motifs is 9. The minimum atomic E-state index is -0.419. The Labute approximate surface area is 221 Å². The molecule has 6 rings (SSSR count). The molecule has 4 aliphatic heterocycles. The molecule has 0 saturated carbocycles. The van der Waals surface area contributed by atoms with Gasteiger partial charge in [-0.25, -0.2) is 0 Å². The Hall–Kier alpha value is -3.50. The van der Waals surface area contributed by atoms with E-state index in [2.05, 4.69) is 21.6 Å². The molecule has 38 heavy (non-hydrogen) atoms. The fourth-order valence-corrected chi connectivity index (χ4v) is 6.91. The molecular formula is C28H33N3O7. The number of amides is 1. The average molecular weight is 524 g/mol. The fourth-order valence-electron chi connectivity index (χ4n) is 6.91. The lowest BCUT2D eigenvalue weighted by Crippen LogP contribution is -2.64. The number of carbonyl (C=O) groups is 2. The number of aryl methyl sites for hydroxylation is 1. The molecule has 202 valence electrons. The fraction of sp³-hybridized carbons (Fsp3) is 0.500. The number of hydrogen-bond acceptors (Lipinski definition) is 9. The van der Waals surface area contributed by atoms with E-state index in [1.807, 2.05) is 13.8 Å². The first kappa shape index (κ1) is 24.8. The van der Waals surface area contributed by atoms with Gasteiger partial charge in [-0.15, -0.1) is 0 Å². The quantitative estimate of drug-likeness (QED) is 0.410. The molecule has 1 saturated heterocycles. The molecule has 1 amide bonds. The number of ether oxygens (including phenoxy) is 4. The van der Waals surface area contributed by atoms with Crippen LogP contribution in [0.4, 0.5) is 0 Å². The summed E-state index contributed by atoms with van der Waals surface area (Å²) in [7, 11) is 1.57. The second-order valence-corrected chi connectivity index (χ2v) is 10.6. The van der Waals surface area contributed by atoms with Crippen molar-refractivity contribution in [2.45, 2.75) is 64.7 Å². The second-order valence-electron chi connectivity index (χ2n) is 10.6. The number of aromatic hydroxyl groups is 1. The van der Waals surface area contributed by atoms with Crippen LogP contribution in [0, 0.1) is 13.8 Å². The summed E-state index contributed by atoms with van der Waals surface area (Å²) in [5, 5.41) is 18.1. The van der Waals surface area contributed by atoms with Crippen LogP contribution in [0.25, 0.3) is 0 Å². The van der Waals surface area contributed by atoms with Crippen molar-refractivity contribution in [1.82, 2.24) is 15.5 Å². The number of esters is 1. The average Bonchev–Trinajstić information content (AvgIpc) is 3.34. The number of piperazine rings is 1. The monoisotopic (exact) mass is 523 g/mol. The van der Waals surface area contributed by atoms with E-state index in [-0.39, 0.29) is 42.6 Å². The number of phenolic OH excluding ortho intramolecular Hbond substituents is 1. The van der Waals surface area contributed by atoms with Crippen LogP contribution >= 0.6 is 0 Å². The standard InChI is InChI=1S/C28H33N3O7/c1-12-6-16-7-17-10-31-19(23(30-17)21(16)24(34)25(12)35-5)8-18-22(20(31)9-29-14(3)32)28-27(36-11-37-28)13(2)26(18)38-15(4)33/h6,17,19-20,23,30,34H,7-11H2,1-5H3,(H,29,32)/t17-,19?,20-,23-/m0/s1. The van der Waals surface area contributed by atoms with Crippen molar-refractivity contribution in [3.05, 3.63) is 39.4 Å². The lowest BCUT2D eigenvalue weighted by atomic mass is 9.75. The van der Waals surface area contributed by atoms with Crippen LogP contribution in [-0.4, -0.2) is 61.0 Å². The highest BCUT2D eigenvalue weighted by Crippen LogP contribution is 2.55. The molecule has 4 heterocycles. The SMILES string of the molecule is COc1c(C)cc2c(c1O)[C@H]1N[C@@H](C2)CN2C1Cc1c(OC(C)=O)c(C)c3c(c1[C@@H]2CNC(C)=O)OCO3. The van der Waals surface area contributed by atoms with Crippen LogP contribution in [0.2, 0.25) is 0 Å². The molecule has 2 bridgehead atoms. The maximum Gasteiger partial charge on any atom is 0.308 e. The summed E-state index contributed by atoms with van der Waals surface area (Å²) in [5.74, 6) is 1.79. The Morgan fingerprint density at radius 3 is 2.63 bits per heavy atom. The van der Waals surface area contributed by atoms with Crippen LogP contribution in [-0.2, 0) is 22.4 Å². The summed E-state index contributed by atoms with van der Waals surface area (Å²) in [6.07, 6.45) is 1.31. The lowest BCUT2D eigenvalue weighted by molar-refractivity contribution is -0.132. The minimum absolute atomic E-state index is 0.0790. The molecule has 10 nitrogen and oxygen atoms in total. The third-order valence-electron chi connectivity index (χ3n) is 8.28. The second kappa shape index (κ2) is 9.06. The summed E-state index contributed by atoms with van der Waals surface area (Å²) in [6, 6.07) is 1.73. The summed E-state index contributed by atoms with van der Waals surface area (Å²) < 4.78 is 23.2. The molecule has 0 spiro atoms. The van der Waals surface area contributed by atoms with Crippen LogP contribution in [0.15, 0.2) is 6.07 Å². The van der Waals surface area contributed by atoms with Crippen molar-refractivity contribution in [2.75, 3.05) is 27.0 Å². The molecule has 2 aromatic carbocycles. The van der Waals surface area contributed by atoms with Gasteiger partial charge in [-0.3, -0.25) is 14.5 Å². The smallest absolute Gasteiger partial charge is 0.308 e. The van der Waals surface area contributed by atoms with Gasteiger partial charge in [0.15, 0.2) is 23.0 Å². The number of phenols is 1. The molecule has 4 aliphatic rings. The normalized spacial score (nSPS) is 24.7. The van der Waals surface area contributed by atoms with Gasteiger partial charge in [0.1, 0.15) is 5.75 Å². The number of methoxy groups -OCH3 is 1. The zero-order valence-corrected chi connectivity index (χ0v) is 22.3. The van der Waals surface area contributed by atoms with Gasteiger partial charge in [-0.05, 0) is 37.8 Å². The maximum absolute atomic E-state index is 12.2. The molecule has 0 radical (unpaired) electrons. The van der Waals surface area contributed by atoms with Crippen molar-refractivity contribution in [3.8, 4) is 28.7 Å². The number of nitrogens with zero attached hydrogens (tertiary/aromatic N) is 1. The van der Waals surface area contributed by atoms with E-state index >= 15 is 0 Å². The molecule has 1 unspecified atom stereocenters. The highest BCUT2D eigenvalue weighted by molar-refractivity contribution is 5.75. The number of carbonyl (C=O) groups excluding carboxylic acids is 2. The Morgan fingerprint density at radius 2 is 1.92 bits per heavy atom.